The van der Waals surface area contributed by atoms with Gasteiger partial charge in [-0.05, 0) is 13.8 Å². The highest BCUT2D eigenvalue weighted by Crippen LogP contribution is 1.84. The molecule has 11 heavy (non-hydrogen) atoms. The maximum absolute atomic E-state index is 10.4. The normalized spacial score (nSPS) is 12.7. The Morgan fingerprint density at radius 3 is 1.45 bits per heavy atom. The van der Waals surface area contributed by atoms with E-state index in [1.165, 1.54) is 6.92 Å². The van der Waals surface area contributed by atoms with Gasteiger partial charge in [-0.15, -0.1) is 0 Å². The third-order valence-corrected chi connectivity index (χ3v) is 1.04. The molecule has 0 amide bonds. The van der Waals surface area contributed by atoms with Crippen LogP contribution < -0.4 is 11.5 Å². The molecule has 4 N–H and O–H groups in total. The summed E-state index contributed by atoms with van der Waals surface area (Å²) in [5, 5.41) is 0. The van der Waals surface area contributed by atoms with Gasteiger partial charge >= 0.3 is 0 Å². The molecule has 0 bridgehead atoms. The van der Waals surface area contributed by atoms with Crippen molar-refractivity contribution in [2.45, 2.75) is 48.2 Å². The maximum atomic E-state index is 10.4. The van der Waals surface area contributed by atoms with Crippen LogP contribution in [0.15, 0.2) is 0 Å². The molecule has 0 aliphatic rings. The van der Waals surface area contributed by atoms with Crippen molar-refractivity contribution in [2.24, 2.45) is 11.5 Å². The predicted octanol–water partition coefficient (Wildman–Crippen LogP) is 1.16. The van der Waals surface area contributed by atoms with Gasteiger partial charge in [-0.2, -0.15) is 0 Å². The molecule has 3 nitrogen and oxygen atoms in total. The number of hydrogen-bond acceptors (Lipinski definition) is 3. The average Bonchev–Trinajstić information content (AvgIpc) is 1.64. The quantitative estimate of drug-likeness (QED) is 0.643. The van der Waals surface area contributed by atoms with Gasteiger partial charge in [0.15, 0.2) is 0 Å². The monoisotopic (exact) mass is 164 g/mol. The van der Waals surface area contributed by atoms with E-state index in [0.717, 1.165) is 0 Å². The first-order valence-corrected chi connectivity index (χ1v) is 2.57. The number of carbonyl (C=O) groups is 1. The van der Waals surface area contributed by atoms with Crippen LogP contribution in [0.3, 0.4) is 0 Å². The zero-order valence-corrected chi connectivity index (χ0v) is 5.22. The second kappa shape index (κ2) is 9.59. The summed E-state index contributed by atoms with van der Waals surface area (Å²) in [7, 11) is 0. The minimum atomic E-state index is -0.491. The first-order chi connectivity index (χ1) is 3.55. The van der Waals surface area contributed by atoms with Crippen molar-refractivity contribution in [1.82, 2.24) is 0 Å². The standard InChI is InChI=1S/C5H12N2O.3CH4/c1-3(6)5(7)4(2)8;;;/h3,5H,6-7H2,1-2H3;3*1H4. The first-order valence-electron chi connectivity index (χ1n) is 2.57. The minimum Gasteiger partial charge on any atom is -0.326 e. The molecule has 0 saturated heterocycles. The molecule has 3 heteroatoms. The number of nitrogens with two attached hydrogens (primary N) is 2. The Labute approximate surface area is 71.2 Å². The Kier molecular flexibility index (Phi) is 19.6. The van der Waals surface area contributed by atoms with Crippen LogP contribution in [0.4, 0.5) is 0 Å². The van der Waals surface area contributed by atoms with Gasteiger partial charge in [0.05, 0.1) is 6.04 Å². The molecular weight excluding hydrogens is 140 g/mol. The van der Waals surface area contributed by atoms with Gasteiger partial charge in [0.1, 0.15) is 5.78 Å². The van der Waals surface area contributed by atoms with Crippen LogP contribution in [0.1, 0.15) is 36.1 Å². The Morgan fingerprint density at radius 1 is 1.18 bits per heavy atom. The van der Waals surface area contributed by atoms with Crippen molar-refractivity contribution in [2.75, 3.05) is 0 Å². The van der Waals surface area contributed by atoms with Crippen LogP contribution in [-0.2, 0) is 4.79 Å². The van der Waals surface area contributed by atoms with E-state index in [1.807, 2.05) is 0 Å². The SMILES string of the molecule is C.C.C.CC(=O)C(N)C(C)N. The fourth-order valence-electron chi connectivity index (χ4n) is 0.370. The van der Waals surface area contributed by atoms with E-state index in [9.17, 15) is 4.79 Å². The van der Waals surface area contributed by atoms with Gasteiger partial charge in [0, 0.05) is 6.04 Å². The van der Waals surface area contributed by atoms with Crippen LogP contribution >= 0.6 is 0 Å². The number of carbonyl (C=O) groups excluding carboxylic acids is 1. The highest BCUT2D eigenvalue weighted by molar-refractivity contribution is 5.81. The van der Waals surface area contributed by atoms with E-state index in [1.54, 1.807) is 6.92 Å². The van der Waals surface area contributed by atoms with Crippen molar-refractivity contribution in [3.8, 4) is 0 Å². The molecule has 0 spiro atoms. The Morgan fingerprint density at radius 2 is 1.45 bits per heavy atom. The predicted molar refractivity (Wildman–Crippen MR) is 52.5 cm³/mol. The number of ketones is 1. The summed E-state index contributed by atoms with van der Waals surface area (Å²) in [5.41, 5.74) is 10.6. The van der Waals surface area contributed by atoms with Crippen molar-refractivity contribution in [3.05, 3.63) is 0 Å². The molecule has 72 valence electrons. The van der Waals surface area contributed by atoms with Gasteiger partial charge in [-0.3, -0.25) is 4.79 Å². The minimum absolute atomic E-state index is 0. The summed E-state index contributed by atoms with van der Waals surface area (Å²) in [6.07, 6.45) is 0. The number of rotatable bonds is 2. The van der Waals surface area contributed by atoms with Crippen molar-refractivity contribution < 1.29 is 4.79 Å². The maximum Gasteiger partial charge on any atom is 0.148 e. The molecule has 0 saturated carbocycles. The lowest BCUT2D eigenvalue weighted by molar-refractivity contribution is -0.118. The molecule has 0 aromatic carbocycles. The average molecular weight is 164 g/mol. The first kappa shape index (κ1) is 22.4. The molecule has 0 aromatic rings. The summed E-state index contributed by atoms with van der Waals surface area (Å²) in [4.78, 5) is 10.4. The van der Waals surface area contributed by atoms with Gasteiger partial charge in [-0.25, -0.2) is 0 Å². The molecule has 2 atom stereocenters. The molecular formula is C8H24N2O. The topological polar surface area (TPSA) is 69.1 Å². The lowest BCUT2D eigenvalue weighted by Gasteiger charge is -2.09. The van der Waals surface area contributed by atoms with E-state index in [0.29, 0.717) is 0 Å². The number of hydrogen-bond donors (Lipinski definition) is 2. The van der Waals surface area contributed by atoms with Gasteiger partial charge in [0.2, 0.25) is 0 Å². The lowest BCUT2D eigenvalue weighted by Crippen LogP contribution is -2.43. The van der Waals surface area contributed by atoms with Gasteiger partial charge in [0.25, 0.3) is 0 Å². The molecule has 0 radical (unpaired) electrons. The Bertz CT molecular complexity index is 92.1. The molecule has 0 rings (SSSR count). The van der Waals surface area contributed by atoms with Crippen LogP contribution in [0.5, 0.6) is 0 Å². The summed E-state index contributed by atoms with van der Waals surface area (Å²) < 4.78 is 0. The van der Waals surface area contributed by atoms with E-state index < -0.39 is 6.04 Å². The van der Waals surface area contributed by atoms with E-state index in [4.69, 9.17) is 11.5 Å². The van der Waals surface area contributed by atoms with Crippen LogP contribution in [0.2, 0.25) is 0 Å². The zero-order chi connectivity index (χ0) is 6.73. The molecule has 0 heterocycles. The summed E-state index contributed by atoms with van der Waals surface area (Å²) in [6.45, 7) is 3.15. The van der Waals surface area contributed by atoms with Crippen LogP contribution in [-0.4, -0.2) is 17.9 Å². The second-order valence-electron chi connectivity index (χ2n) is 2.00. The Hall–Kier alpha value is -0.410. The Balaban J connectivity index is -0.0000000817. The van der Waals surface area contributed by atoms with E-state index in [-0.39, 0.29) is 34.1 Å². The number of Topliss-reactive ketones (excluding diaryl/α,β-unsaturated/α-hetero) is 1. The summed E-state index contributed by atoms with van der Waals surface area (Å²) in [6, 6.07) is -0.720. The summed E-state index contributed by atoms with van der Waals surface area (Å²) >= 11 is 0. The fraction of sp³-hybridized carbons (Fsp3) is 0.875. The summed E-state index contributed by atoms with van der Waals surface area (Å²) in [5.74, 6) is -0.0556. The smallest absolute Gasteiger partial charge is 0.148 e. The zero-order valence-electron chi connectivity index (χ0n) is 5.22. The van der Waals surface area contributed by atoms with Gasteiger partial charge in [-0.1, -0.05) is 22.3 Å². The molecule has 2 unspecified atom stereocenters. The highest BCUT2D eigenvalue weighted by atomic mass is 16.1. The van der Waals surface area contributed by atoms with Crippen molar-refractivity contribution in [3.63, 3.8) is 0 Å². The molecule has 0 fully saturated rings. The molecule has 0 aliphatic carbocycles. The third-order valence-electron chi connectivity index (χ3n) is 1.04. The molecule has 0 aromatic heterocycles. The van der Waals surface area contributed by atoms with E-state index in [2.05, 4.69) is 0 Å². The van der Waals surface area contributed by atoms with Crippen molar-refractivity contribution in [1.29, 1.82) is 0 Å². The lowest BCUT2D eigenvalue weighted by atomic mass is 10.1. The van der Waals surface area contributed by atoms with Crippen molar-refractivity contribution >= 4 is 5.78 Å². The van der Waals surface area contributed by atoms with Gasteiger partial charge < -0.3 is 11.5 Å². The largest absolute Gasteiger partial charge is 0.326 e. The van der Waals surface area contributed by atoms with E-state index >= 15 is 0 Å². The highest BCUT2D eigenvalue weighted by Gasteiger charge is 2.11. The van der Waals surface area contributed by atoms with Crippen LogP contribution in [0.25, 0.3) is 0 Å². The van der Waals surface area contributed by atoms with Crippen LogP contribution in [0, 0.1) is 0 Å². The third kappa shape index (κ3) is 9.59. The second-order valence-corrected chi connectivity index (χ2v) is 2.00. The fourth-order valence-corrected chi connectivity index (χ4v) is 0.370. The molecule has 0 aliphatic heterocycles.